The van der Waals surface area contributed by atoms with Gasteiger partial charge in [0.1, 0.15) is 23.4 Å². The highest BCUT2D eigenvalue weighted by Crippen LogP contribution is 2.35. The molecule has 2 atom stereocenters. The topological polar surface area (TPSA) is 133 Å². The summed E-state index contributed by atoms with van der Waals surface area (Å²) in [6.07, 6.45) is 1.70. The Morgan fingerprint density at radius 2 is 2.29 bits per heavy atom. The van der Waals surface area contributed by atoms with Gasteiger partial charge < -0.3 is 19.7 Å². The fourth-order valence-electron chi connectivity index (χ4n) is 3.24. The summed E-state index contributed by atoms with van der Waals surface area (Å²) in [6.45, 7) is 4.79. The highest BCUT2D eigenvalue weighted by atomic mass is 32.2. The summed E-state index contributed by atoms with van der Waals surface area (Å²) in [5.41, 5.74) is -1.55. The van der Waals surface area contributed by atoms with E-state index < -0.39 is 33.4 Å². The fourth-order valence-corrected chi connectivity index (χ4v) is 4.86. The van der Waals surface area contributed by atoms with E-state index in [0.29, 0.717) is 0 Å². The molecular formula is C20H21FN4O5S. The molecule has 1 amide bonds. The first kappa shape index (κ1) is 22.5. The number of aliphatic hydroxyl groups excluding tert-OH is 1. The third-order valence-electron chi connectivity index (χ3n) is 4.96. The molecule has 9 nitrogen and oxygen atoms in total. The Bertz CT molecular complexity index is 1200. The lowest BCUT2D eigenvalue weighted by Gasteiger charge is -2.32. The number of carbonyl (C=O) groups excluding carboxylic acids is 1. The summed E-state index contributed by atoms with van der Waals surface area (Å²) in [5.74, 6) is -1.62. The normalized spacial score (nSPS) is 20.5. The molecule has 0 fully saturated rings. The van der Waals surface area contributed by atoms with Crippen molar-refractivity contribution in [2.75, 3.05) is 11.9 Å². The number of nitrogens with zero attached hydrogens (tertiary/aromatic N) is 2. The lowest BCUT2D eigenvalue weighted by Crippen LogP contribution is -2.56. The number of benzene rings is 1. The number of rotatable bonds is 5. The summed E-state index contributed by atoms with van der Waals surface area (Å²) < 4.78 is 48.9. The molecule has 31 heavy (non-hydrogen) atoms. The summed E-state index contributed by atoms with van der Waals surface area (Å²) in [5, 5.41) is 21.9. The van der Waals surface area contributed by atoms with Crippen molar-refractivity contribution in [3.05, 3.63) is 54.1 Å². The third-order valence-corrected chi connectivity index (χ3v) is 6.57. The Balaban J connectivity index is 1.98. The van der Waals surface area contributed by atoms with E-state index in [4.69, 9.17) is 10.00 Å². The van der Waals surface area contributed by atoms with Gasteiger partial charge in [-0.2, -0.15) is 9.98 Å². The maximum absolute atomic E-state index is 13.5. The number of aryl methyl sites for hydroxylation is 1. The molecule has 1 aliphatic rings. The van der Waals surface area contributed by atoms with Gasteiger partial charge in [0.05, 0.1) is 17.2 Å². The summed E-state index contributed by atoms with van der Waals surface area (Å²) in [4.78, 5) is 12.6. The number of nitriles is 1. The van der Waals surface area contributed by atoms with E-state index in [1.165, 1.54) is 36.9 Å². The zero-order valence-electron chi connectivity index (χ0n) is 16.8. The van der Waals surface area contributed by atoms with E-state index in [9.17, 15) is 22.7 Å². The van der Waals surface area contributed by atoms with Crippen LogP contribution in [0.25, 0.3) is 0 Å². The summed E-state index contributed by atoms with van der Waals surface area (Å²) in [7, 11) is -2.66. The lowest BCUT2D eigenvalue weighted by atomic mass is 9.94. The lowest BCUT2D eigenvalue weighted by molar-refractivity contribution is 0.0542. The standard InChI is InChI=1S/C20H21FN4O5S/c1-4-5-16(26)20(2)11-30-18-15(31(28,29)24-20)10-25(3)17(18)19(27)23-13-6-7-14(21)12(8-13)9-22/h4,6-8,10,16,24,26H,1,5,11H2,2-3H3,(H,23,27)/t16-,20-/m1/s1. The van der Waals surface area contributed by atoms with Crippen molar-refractivity contribution in [1.29, 1.82) is 5.26 Å². The molecule has 0 bridgehead atoms. The van der Waals surface area contributed by atoms with Crippen LogP contribution in [0.4, 0.5) is 10.1 Å². The number of ether oxygens (including phenoxy) is 1. The molecular weight excluding hydrogens is 427 g/mol. The second kappa shape index (κ2) is 8.14. The minimum absolute atomic E-state index is 0.0920. The van der Waals surface area contributed by atoms with Crippen molar-refractivity contribution in [2.45, 2.75) is 29.9 Å². The van der Waals surface area contributed by atoms with Crippen LogP contribution in [0.2, 0.25) is 0 Å². The van der Waals surface area contributed by atoms with Crippen LogP contribution in [0.1, 0.15) is 29.4 Å². The molecule has 11 heteroatoms. The van der Waals surface area contributed by atoms with Gasteiger partial charge in [-0.3, -0.25) is 4.79 Å². The Morgan fingerprint density at radius 1 is 1.58 bits per heavy atom. The fraction of sp³-hybridized carbons (Fsp3) is 0.300. The number of hydrogen-bond donors (Lipinski definition) is 3. The van der Waals surface area contributed by atoms with Crippen molar-refractivity contribution in [3.8, 4) is 11.8 Å². The van der Waals surface area contributed by atoms with Crippen LogP contribution in [0.15, 0.2) is 41.9 Å². The second-order valence-corrected chi connectivity index (χ2v) is 9.05. The van der Waals surface area contributed by atoms with Crippen LogP contribution < -0.4 is 14.8 Å². The summed E-state index contributed by atoms with van der Waals surface area (Å²) >= 11 is 0. The molecule has 164 valence electrons. The third kappa shape index (κ3) is 4.18. The van der Waals surface area contributed by atoms with Crippen molar-refractivity contribution in [1.82, 2.24) is 9.29 Å². The van der Waals surface area contributed by atoms with E-state index in [1.54, 1.807) is 6.07 Å². The minimum Gasteiger partial charge on any atom is -0.488 e. The van der Waals surface area contributed by atoms with E-state index in [0.717, 1.165) is 12.1 Å². The van der Waals surface area contributed by atoms with Crippen molar-refractivity contribution in [3.63, 3.8) is 0 Å². The Hall–Kier alpha value is -3.20. The maximum atomic E-state index is 13.5. The second-order valence-electron chi connectivity index (χ2n) is 7.39. The van der Waals surface area contributed by atoms with E-state index >= 15 is 0 Å². The number of nitrogens with one attached hydrogen (secondary N) is 2. The van der Waals surface area contributed by atoms with Crippen molar-refractivity contribution in [2.24, 2.45) is 7.05 Å². The van der Waals surface area contributed by atoms with Crippen LogP contribution >= 0.6 is 0 Å². The first-order chi connectivity index (χ1) is 14.5. The van der Waals surface area contributed by atoms with Gasteiger partial charge in [0.15, 0.2) is 11.4 Å². The number of aliphatic hydroxyl groups is 1. The molecule has 3 rings (SSSR count). The van der Waals surface area contributed by atoms with Crippen molar-refractivity contribution >= 4 is 21.6 Å². The zero-order chi connectivity index (χ0) is 23.0. The molecule has 1 aromatic heterocycles. The Morgan fingerprint density at radius 3 is 2.94 bits per heavy atom. The number of anilines is 1. The molecule has 0 aliphatic carbocycles. The van der Waals surface area contributed by atoms with Gasteiger partial charge in [0, 0.05) is 18.9 Å². The van der Waals surface area contributed by atoms with Crippen molar-refractivity contribution < 1.29 is 27.4 Å². The number of sulfonamides is 1. The van der Waals surface area contributed by atoms with Crippen LogP contribution in [0.5, 0.6) is 5.75 Å². The first-order valence-electron chi connectivity index (χ1n) is 9.18. The molecule has 0 saturated carbocycles. The number of aromatic nitrogens is 1. The molecule has 1 aliphatic heterocycles. The van der Waals surface area contributed by atoms with Gasteiger partial charge in [-0.25, -0.2) is 12.8 Å². The number of hydrogen-bond acceptors (Lipinski definition) is 6. The Kier molecular flexibility index (Phi) is 5.91. The highest BCUT2D eigenvalue weighted by Gasteiger charge is 2.43. The molecule has 0 radical (unpaired) electrons. The van der Waals surface area contributed by atoms with Gasteiger partial charge in [-0.05, 0) is 31.5 Å². The number of halogens is 1. The van der Waals surface area contributed by atoms with Crippen LogP contribution in [0, 0.1) is 17.1 Å². The molecule has 3 N–H and O–H groups in total. The molecule has 2 heterocycles. The van der Waals surface area contributed by atoms with Crippen LogP contribution in [-0.4, -0.2) is 42.2 Å². The summed E-state index contributed by atoms with van der Waals surface area (Å²) in [6, 6.07) is 5.16. The van der Waals surface area contributed by atoms with E-state index in [2.05, 4.69) is 16.6 Å². The number of carbonyl (C=O) groups is 1. The average molecular weight is 448 g/mol. The van der Waals surface area contributed by atoms with Gasteiger partial charge in [-0.1, -0.05) is 6.08 Å². The predicted octanol–water partition coefficient (Wildman–Crippen LogP) is 1.65. The molecule has 1 aromatic carbocycles. The van der Waals surface area contributed by atoms with Gasteiger partial charge >= 0.3 is 0 Å². The minimum atomic E-state index is -4.14. The van der Waals surface area contributed by atoms with Crippen LogP contribution in [-0.2, 0) is 17.1 Å². The predicted molar refractivity (Wildman–Crippen MR) is 110 cm³/mol. The SMILES string of the molecule is C=CC[C@@H](O)[C@@]1(C)COc2c(cn(C)c2C(=O)Nc2ccc(F)c(C#N)c2)S(=O)(=O)N1. The molecule has 0 unspecified atom stereocenters. The molecule has 0 spiro atoms. The average Bonchev–Trinajstić information content (AvgIpc) is 3.00. The first-order valence-corrected chi connectivity index (χ1v) is 10.7. The van der Waals surface area contributed by atoms with Gasteiger partial charge in [-0.15, -0.1) is 6.58 Å². The smallest absolute Gasteiger partial charge is 0.276 e. The molecule has 0 saturated heterocycles. The van der Waals surface area contributed by atoms with E-state index in [-0.39, 0.29) is 40.6 Å². The Labute approximate surface area is 178 Å². The quantitative estimate of drug-likeness (QED) is 0.596. The largest absolute Gasteiger partial charge is 0.488 e. The van der Waals surface area contributed by atoms with Gasteiger partial charge in [0.25, 0.3) is 5.91 Å². The van der Waals surface area contributed by atoms with Crippen LogP contribution in [0.3, 0.4) is 0 Å². The number of amides is 1. The van der Waals surface area contributed by atoms with E-state index in [1.807, 2.05) is 0 Å². The molecule has 2 aromatic rings. The highest BCUT2D eigenvalue weighted by molar-refractivity contribution is 7.89. The number of fused-ring (bicyclic) bond motifs is 1. The zero-order valence-corrected chi connectivity index (χ0v) is 17.7. The monoisotopic (exact) mass is 448 g/mol. The maximum Gasteiger partial charge on any atom is 0.276 e. The van der Waals surface area contributed by atoms with Gasteiger partial charge in [0.2, 0.25) is 10.0 Å².